The lowest BCUT2D eigenvalue weighted by Gasteiger charge is -2.47. The van der Waals surface area contributed by atoms with E-state index in [1.54, 1.807) is 12.1 Å². The first-order chi connectivity index (χ1) is 12.7. The van der Waals surface area contributed by atoms with Crippen molar-refractivity contribution in [3.05, 3.63) is 47.0 Å². The first-order valence-electron chi connectivity index (χ1n) is 8.96. The molecule has 2 aliphatic carbocycles. The fraction of sp³-hybridized carbons (Fsp3) is 0.474. The van der Waals surface area contributed by atoms with Crippen molar-refractivity contribution in [3.63, 3.8) is 0 Å². The van der Waals surface area contributed by atoms with Crippen LogP contribution in [-0.2, 0) is 4.74 Å². The summed E-state index contributed by atoms with van der Waals surface area (Å²) < 4.78 is 6.48. The van der Waals surface area contributed by atoms with Crippen LogP contribution >= 0.6 is 23.4 Å². The van der Waals surface area contributed by atoms with Crippen LogP contribution in [-0.4, -0.2) is 47.7 Å². The van der Waals surface area contributed by atoms with Gasteiger partial charge in [-0.05, 0) is 24.5 Å². The van der Waals surface area contributed by atoms with Gasteiger partial charge in [-0.2, -0.15) is 0 Å². The normalized spacial score (nSPS) is 39.5. The van der Waals surface area contributed by atoms with Crippen LogP contribution in [0.5, 0.6) is 0 Å². The maximum absolute atomic E-state index is 12.4. The number of nitrogens with zero attached hydrogens (tertiary/aromatic N) is 1. The topological polar surface area (TPSA) is 62.7 Å². The second-order valence-electron chi connectivity index (χ2n) is 7.34. The number of carbonyl (C=O) groups excluding carboxylic acids is 1. The van der Waals surface area contributed by atoms with Crippen LogP contribution in [0, 0.1) is 11.8 Å². The lowest BCUT2D eigenvalue weighted by molar-refractivity contribution is -0.130. The lowest BCUT2D eigenvalue weighted by atomic mass is 9.81. The number of rotatable bonds is 4. The number of carbonyl (C=O) groups is 1. The highest BCUT2D eigenvalue weighted by atomic mass is 35.5. The Balaban J connectivity index is 1.27. The molecule has 1 aromatic rings. The third-order valence-electron chi connectivity index (χ3n) is 5.90. The Morgan fingerprint density at radius 2 is 2.35 bits per heavy atom. The van der Waals surface area contributed by atoms with E-state index in [0.29, 0.717) is 40.3 Å². The quantitative estimate of drug-likeness (QED) is 0.776. The molecule has 1 saturated heterocycles. The zero-order valence-electron chi connectivity index (χ0n) is 14.1. The molecule has 4 aliphatic rings. The van der Waals surface area contributed by atoms with Crippen molar-refractivity contribution < 1.29 is 9.53 Å². The Labute approximate surface area is 161 Å². The fourth-order valence-electron chi connectivity index (χ4n) is 4.84. The predicted molar refractivity (Wildman–Crippen MR) is 104 cm³/mol. The van der Waals surface area contributed by atoms with Crippen molar-refractivity contribution in [2.45, 2.75) is 29.5 Å². The molecule has 1 amide bonds. The maximum atomic E-state index is 12.4. The maximum Gasteiger partial charge on any atom is 0.252 e. The zero-order chi connectivity index (χ0) is 17.7. The van der Waals surface area contributed by atoms with Crippen molar-refractivity contribution in [3.8, 4) is 0 Å². The van der Waals surface area contributed by atoms with Gasteiger partial charge in [0.2, 0.25) is 0 Å². The summed E-state index contributed by atoms with van der Waals surface area (Å²) >= 11 is 7.93. The summed E-state index contributed by atoms with van der Waals surface area (Å²) in [5.74, 6) is 0.763. The monoisotopic (exact) mass is 389 g/mol. The summed E-state index contributed by atoms with van der Waals surface area (Å²) in [6.45, 7) is 1.29. The first kappa shape index (κ1) is 16.8. The van der Waals surface area contributed by atoms with Crippen molar-refractivity contribution >= 4 is 34.8 Å². The highest BCUT2D eigenvalue weighted by Crippen LogP contribution is 2.55. The summed E-state index contributed by atoms with van der Waals surface area (Å²) in [5.41, 5.74) is 2.24. The molecule has 136 valence electrons. The molecule has 5 nitrogen and oxygen atoms in total. The van der Waals surface area contributed by atoms with Crippen molar-refractivity contribution in [1.29, 1.82) is 0 Å². The molecule has 2 fully saturated rings. The van der Waals surface area contributed by atoms with Gasteiger partial charge < -0.3 is 10.1 Å². The average Bonchev–Trinajstić information content (AvgIpc) is 3.33. The molecule has 0 radical (unpaired) electrons. The summed E-state index contributed by atoms with van der Waals surface area (Å²) in [6, 6.07) is 7.46. The number of hydrogen-bond donors (Lipinski definition) is 2. The van der Waals surface area contributed by atoms with E-state index in [4.69, 9.17) is 16.3 Å². The number of hydrogen-bond acceptors (Lipinski definition) is 5. The fourth-order valence-corrected chi connectivity index (χ4v) is 6.13. The number of nitrogens with one attached hydrogen (secondary N) is 2. The lowest BCUT2D eigenvalue weighted by Crippen LogP contribution is -2.63. The van der Waals surface area contributed by atoms with Crippen molar-refractivity contribution in [2.75, 3.05) is 13.1 Å². The smallest absolute Gasteiger partial charge is 0.252 e. The number of aliphatic imine (C=N–C) groups is 1. The van der Waals surface area contributed by atoms with E-state index in [1.165, 1.54) is 0 Å². The molecule has 1 saturated carbocycles. The van der Waals surface area contributed by atoms with E-state index in [-0.39, 0.29) is 17.7 Å². The minimum absolute atomic E-state index is 0.173. The number of ether oxygens (including phenoxy) is 1. The molecule has 26 heavy (non-hydrogen) atoms. The van der Waals surface area contributed by atoms with Gasteiger partial charge >= 0.3 is 0 Å². The number of benzene rings is 1. The van der Waals surface area contributed by atoms with E-state index in [0.717, 1.165) is 13.0 Å². The van der Waals surface area contributed by atoms with Crippen molar-refractivity contribution in [2.24, 2.45) is 16.8 Å². The molecule has 3 bridgehead atoms. The van der Waals surface area contributed by atoms with Gasteiger partial charge in [0.05, 0.1) is 34.8 Å². The van der Waals surface area contributed by atoms with E-state index < -0.39 is 0 Å². The first-order valence-corrected chi connectivity index (χ1v) is 10.3. The Hall–Kier alpha value is -1.34. The van der Waals surface area contributed by atoms with Gasteiger partial charge in [-0.1, -0.05) is 35.9 Å². The van der Waals surface area contributed by atoms with Crippen molar-refractivity contribution in [1.82, 2.24) is 10.6 Å². The van der Waals surface area contributed by atoms with Gasteiger partial charge in [-0.15, -0.1) is 11.8 Å². The summed E-state index contributed by atoms with van der Waals surface area (Å²) in [6.07, 6.45) is 5.38. The summed E-state index contributed by atoms with van der Waals surface area (Å²) in [7, 11) is 0. The van der Waals surface area contributed by atoms with Gasteiger partial charge in [-0.3, -0.25) is 15.1 Å². The average molecular weight is 390 g/mol. The SMILES string of the molecule is O=C(NCC1NC2C3C=CC(C3)(O1)C2C1CN=CS1)c1ccccc1Cl. The number of halogens is 1. The Kier molecular flexibility index (Phi) is 4.12. The molecule has 2 N–H and O–H groups in total. The summed E-state index contributed by atoms with van der Waals surface area (Å²) in [5, 5.41) is 7.52. The standard InChI is InChI=1S/C19H20ClN3O2S/c20-13-4-2-1-3-12(13)18(24)22-9-15-23-17-11-5-6-19(7-11,25-15)16(17)14-8-21-10-26-14/h1-6,10-11,14-17,23H,7-9H2,(H,22,24). The molecule has 6 atom stereocenters. The van der Waals surface area contributed by atoms with E-state index in [2.05, 4.69) is 27.8 Å². The zero-order valence-corrected chi connectivity index (χ0v) is 15.7. The molecule has 0 aromatic heterocycles. The van der Waals surface area contributed by atoms with E-state index in [1.807, 2.05) is 29.4 Å². The molecule has 5 rings (SSSR count). The third-order valence-corrected chi connectivity index (χ3v) is 7.29. The Morgan fingerprint density at radius 1 is 1.46 bits per heavy atom. The Morgan fingerprint density at radius 3 is 3.12 bits per heavy atom. The van der Waals surface area contributed by atoms with Gasteiger partial charge in [0, 0.05) is 17.2 Å². The molecular weight excluding hydrogens is 370 g/mol. The number of amides is 1. The predicted octanol–water partition coefficient (Wildman–Crippen LogP) is 2.47. The van der Waals surface area contributed by atoms with Crippen LogP contribution < -0.4 is 10.6 Å². The van der Waals surface area contributed by atoms with Crippen LogP contribution in [0.25, 0.3) is 0 Å². The highest BCUT2D eigenvalue weighted by Gasteiger charge is 2.62. The molecule has 1 spiro atoms. The van der Waals surface area contributed by atoms with Gasteiger partial charge in [0.25, 0.3) is 5.91 Å². The largest absolute Gasteiger partial charge is 0.351 e. The minimum atomic E-state index is -0.217. The van der Waals surface area contributed by atoms with E-state index in [9.17, 15) is 4.79 Å². The highest BCUT2D eigenvalue weighted by molar-refractivity contribution is 8.12. The van der Waals surface area contributed by atoms with Crippen LogP contribution in [0.2, 0.25) is 5.02 Å². The van der Waals surface area contributed by atoms with Crippen LogP contribution in [0.3, 0.4) is 0 Å². The van der Waals surface area contributed by atoms with E-state index >= 15 is 0 Å². The molecule has 1 aromatic carbocycles. The van der Waals surface area contributed by atoms with Gasteiger partial charge in [0.15, 0.2) is 0 Å². The third kappa shape index (κ3) is 2.62. The minimum Gasteiger partial charge on any atom is -0.351 e. The number of thioether (sulfide) groups is 1. The second-order valence-corrected chi connectivity index (χ2v) is 8.84. The summed E-state index contributed by atoms with van der Waals surface area (Å²) in [4.78, 5) is 16.8. The molecular formula is C19H20ClN3O2S. The second kappa shape index (κ2) is 6.37. The Bertz CT molecular complexity index is 793. The van der Waals surface area contributed by atoms with Crippen LogP contribution in [0.15, 0.2) is 41.4 Å². The van der Waals surface area contributed by atoms with Gasteiger partial charge in [0.1, 0.15) is 6.23 Å². The molecule has 7 heteroatoms. The number of fused-ring (bicyclic) bond motifs is 3. The van der Waals surface area contributed by atoms with Gasteiger partial charge in [-0.25, -0.2) is 0 Å². The van der Waals surface area contributed by atoms with Crippen LogP contribution in [0.4, 0.5) is 0 Å². The molecule has 6 unspecified atom stereocenters. The molecule has 2 heterocycles. The van der Waals surface area contributed by atoms with Crippen LogP contribution in [0.1, 0.15) is 16.8 Å². The molecule has 2 aliphatic heterocycles.